The van der Waals surface area contributed by atoms with E-state index in [0.29, 0.717) is 6.61 Å². The lowest BCUT2D eigenvalue weighted by Crippen LogP contribution is -2.28. The molecule has 0 rings (SSSR count). The molecular formula is C10H22O2. The molecule has 0 radical (unpaired) electrons. The maximum Gasteiger partial charge on any atom is 0.0833 e. The van der Waals surface area contributed by atoms with Gasteiger partial charge in [0, 0.05) is 6.61 Å². The van der Waals surface area contributed by atoms with Crippen LogP contribution in [0.2, 0.25) is 0 Å². The van der Waals surface area contributed by atoms with Gasteiger partial charge in [-0.2, -0.15) is 0 Å². The highest BCUT2D eigenvalue weighted by Gasteiger charge is 2.16. The summed E-state index contributed by atoms with van der Waals surface area (Å²) >= 11 is 0. The van der Waals surface area contributed by atoms with Gasteiger partial charge in [0.15, 0.2) is 0 Å². The average molecular weight is 174 g/mol. The monoisotopic (exact) mass is 174 g/mol. The summed E-state index contributed by atoms with van der Waals surface area (Å²) in [6, 6.07) is 0. The first kappa shape index (κ1) is 11.9. The SMILES string of the molecule is CCCC(O)C(CCC)OCC. The molecule has 12 heavy (non-hydrogen) atoms. The van der Waals surface area contributed by atoms with Crippen LogP contribution in [-0.4, -0.2) is 23.9 Å². The van der Waals surface area contributed by atoms with E-state index in [2.05, 4.69) is 13.8 Å². The number of hydrogen-bond acceptors (Lipinski definition) is 2. The molecule has 1 N–H and O–H groups in total. The van der Waals surface area contributed by atoms with Crippen molar-refractivity contribution in [1.29, 1.82) is 0 Å². The van der Waals surface area contributed by atoms with Crippen molar-refractivity contribution in [2.45, 2.75) is 58.7 Å². The molecule has 2 nitrogen and oxygen atoms in total. The third-order valence-electron chi connectivity index (χ3n) is 1.97. The average Bonchev–Trinajstić information content (AvgIpc) is 2.04. The molecule has 0 spiro atoms. The molecular weight excluding hydrogens is 152 g/mol. The minimum absolute atomic E-state index is 0.0555. The molecule has 2 unspecified atom stereocenters. The molecule has 0 aromatic carbocycles. The summed E-state index contributed by atoms with van der Waals surface area (Å²) in [5.74, 6) is 0. The molecule has 0 aliphatic rings. The van der Waals surface area contributed by atoms with E-state index >= 15 is 0 Å². The second kappa shape index (κ2) is 7.56. The summed E-state index contributed by atoms with van der Waals surface area (Å²) in [6.07, 6.45) is 3.70. The fourth-order valence-corrected chi connectivity index (χ4v) is 1.37. The van der Waals surface area contributed by atoms with E-state index in [0.717, 1.165) is 25.7 Å². The fraction of sp³-hybridized carbons (Fsp3) is 1.00. The van der Waals surface area contributed by atoms with E-state index in [9.17, 15) is 5.11 Å². The van der Waals surface area contributed by atoms with Crippen LogP contribution in [0.5, 0.6) is 0 Å². The van der Waals surface area contributed by atoms with Crippen LogP contribution in [0.3, 0.4) is 0 Å². The van der Waals surface area contributed by atoms with Crippen molar-refractivity contribution in [1.82, 2.24) is 0 Å². The first-order chi connectivity index (χ1) is 5.76. The second-order valence-corrected chi connectivity index (χ2v) is 3.14. The molecule has 0 aliphatic heterocycles. The molecule has 2 atom stereocenters. The normalized spacial score (nSPS) is 16.0. The third kappa shape index (κ3) is 4.73. The van der Waals surface area contributed by atoms with E-state index in [-0.39, 0.29) is 12.2 Å². The van der Waals surface area contributed by atoms with Crippen molar-refractivity contribution >= 4 is 0 Å². The molecule has 0 fully saturated rings. The standard InChI is InChI=1S/C10H22O2/c1-4-7-9(11)10(8-5-2)12-6-3/h9-11H,4-8H2,1-3H3. The second-order valence-electron chi connectivity index (χ2n) is 3.14. The van der Waals surface area contributed by atoms with Gasteiger partial charge in [-0.05, 0) is 19.8 Å². The van der Waals surface area contributed by atoms with Crippen molar-refractivity contribution in [3.63, 3.8) is 0 Å². The summed E-state index contributed by atoms with van der Waals surface area (Å²) < 4.78 is 5.45. The molecule has 0 saturated heterocycles. The number of hydrogen-bond donors (Lipinski definition) is 1. The lowest BCUT2D eigenvalue weighted by atomic mass is 10.0. The van der Waals surface area contributed by atoms with Gasteiger partial charge in [-0.1, -0.05) is 26.7 Å². The van der Waals surface area contributed by atoms with Crippen molar-refractivity contribution < 1.29 is 9.84 Å². The van der Waals surface area contributed by atoms with E-state index in [1.54, 1.807) is 0 Å². The Morgan fingerprint density at radius 2 is 1.67 bits per heavy atom. The molecule has 0 aliphatic carbocycles. The minimum Gasteiger partial charge on any atom is -0.390 e. The first-order valence-electron chi connectivity index (χ1n) is 5.05. The largest absolute Gasteiger partial charge is 0.390 e. The summed E-state index contributed by atoms with van der Waals surface area (Å²) in [5, 5.41) is 9.65. The van der Waals surface area contributed by atoms with Crippen LogP contribution in [0.15, 0.2) is 0 Å². The van der Waals surface area contributed by atoms with Crippen molar-refractivity contribution in [3.05, 3.63) is 0 Å². The van der Waals surface area contributed by atoms with Gasteiger partial charge in [-0.15, -0.1) is 0 Å². The van der Waals surface area contributed by atoms with Crippen molar-refractivity contribution in [2.75, 3.05) is 6.61 Å². The van der Waals surface area contributed by atoms with Crippen LogP contribution in [0.1, 0.15) is 46.5 Å². The highest BCUT2D eigenvalue weighted by Crippen LogP contribution is 2.11. The predicted molar refractivity (Wildman–Crippen MR) is 51.2 cm³/mol. The lowest BCUT2D eigenvalue weighted by Gasteiger charge is -2.21. The van der Waals surface area contributed by atoms with Gasteiger partial charge in [0.25, 0.3) is 0 Å². The quantitative estimate of drug-likeness (QED) is 0.642. The van der Waals surface area contributed by atoms with Gasteiger partial charge in [0.1, 0.15) is 0 Å². The Kier molecular flexibility index (Phi) is 7.51. The fourth-order valence-electron chi connectivity index (χ4n) is 1.37. The Hall–Kier alpha value is -0.0800. The van der Waals surface area contributed by atoms with Crippen LogP contribution < -0.4 is 0 Å². The number of rotatable bonds is 7. The lowest BCUT2D eigenvalue weighted by molar-refractivity contribution is -0.0401. The highest BCUT2D eigenvalue weighted by atomic mass is 16.5. The topological polar surface area (TPSA) is 29.5 Å². The molecule has 0 heterocycles. The molecule has 0 bridgehead atoms. The smallest absolute Gasteiger partial charge is 0.0833 e. The van der Waals surface area contributed by atoms with Crippen LogP contribution >= 0.6 is 0 Å². The predicted octanol–water partition coefficient (Wildman–Crippen LogP) is 2.35. The molecule has 74 valence electrons. The summed E-state index contributed by atoms with van der Waals surface area (Å²) in [7, 11) is 0. The summed E-state index contributed by atoms with van der Waals surface area (Å²) in [4.78, 5) is 0. The molecule has 0 saturated carbocycles. The Bertz CT molecular complexity index is 87.8. The van der Waals surface area contributed by atoms with Crippen LogP contribution in [-0.2, 0) is 4.74 Å². The van der Waals surface area contributed by atoms with E-state index in [1.165, 1.54) is 0 Å². The van der Waals surface area contributed by atoms with Crippen LogP contribution in [0.4, 0.5) is 0 Å². The third-order valence-corrected chi connectivity index (χ3v) is 1.97. The number of aliphatic hydroxyl groups is 1. The van der Waals surface area contributed by atoms with Gasteiger partial charge in [-0.3, -0.25) is 0 Å². The highest BCUT2D eigenvalue weighted by molar-refractivity contribution is 4.67. The van der Waals surface area contributed by atoms with E-state index in [4.69, 9.17) is 4.74 Å². The van der Waals surface area contributed by atoms with Gasteiger partial charge < -0.3 is 9.84 Å². The van der Waals surface area contributed by atoms with Gasteiger partial charge in [0.2, 0.25) is 0 Å². The maximum atomic E-state index is 9.65. The zero-order valence-electron chi connectivity index (χ0n) is 8.55. The molecule has 0 aromatic heterocycles. The van der Waals surface area contributed by atoms with Gasteiger partial charge in [-0.25, -0.2) is 0 Å². The van der Waals surface area contributed by atoms with E-state index in [1.807, 2.05) is 6.92 Å². The van der Waals surface area contributed by atoms with Crippen LogP contribution in [0.25, 0.3) is 0 Å². The van der Waals surface area contributed by atoms with Crippen molar-refractivity contribution in [3.8, 4) is 0 Å². The summed E-state index contributed by atoms with van der Waals surface area (Å²) in [5.41, 5.74) is 0. The zero-order valence-corrected chi connectivity index (χ0v) is 8.55. The molecule has 0 aromatic rings. The summed E-state index contributed by atoms with van der Waals surface area (Å²) in [6.45, 7) is 6.87. The molecule has 2 heteroatoms. The Morgan fingerprint density at radius 3 is 2.08 bits per heavy atom. The first-order valence-corrected chi connectivity index (χ1v) is 5.05. The Labute approximate surface area is 75.9 Å². The Morgan fingerprint density at radius 1 is 1.08 bits per heavy atom. The maximum absolute atomic E-state index is 9.65. The van der Waals surface area contributed by atoms with Crippen LogP contribution in [0, 0.1) is 0 Å². The molecule has 0 amide bonds. The minimum atomic E-state index is -0.269. The van der Waals surface area contributed by atoms with Crippen molar-refractivity contribution in [2.24, 2.45) is 0 Å². The Balaban J connectivity index is 3.72. The van der Waals surface area contributed by atoms with Gasteiger partial charge >= 0.3 is 0 Å². The van der Waals surface area contributed by atoms with Gasteiger partial charge in [0.05, 0.1) is 12.2 Å². The number of ether oxygens (including phenoxy) is 1. The number of aliphatic hydroxyl groups excluding tert-OH is 1. The van der Waals surface area contributed by atoms with E-state index < -0.39 is 0 Å². The zero-order chi connectivity index (χ0) is 9.40.